The number of halogens is 1. The standard InChI is InChI=1S/C15H16BrN3O/c16-12-2-5-14(11(8-12)9-19-13-3-4-13)20-10-15-17-6-1-7-18-15/h1-2,5-8,13,19H,3-4,9-10H2. The van der Waals surface area contributed by atoms with Gasteiger partial charge in [0.2, 0.25) is 0 Å². The van der Waals surface area contributed by atoms with Gasteiger partial charge < -0.3 is 10.1 Å². The molecule has 5 heteroatoms. The van der Waals surface area contributed by atoms with E-state index in [0.717, 1.165) is 22.3 Å². The molecule has 1 aromatic carbocycles. The molecule has 1 heterocycles. The summed E-state index contributed by atoms with van der Waals surface area (Å²) in [7, 11) is 0. The Kier molecular flexibility index (Phi) is 4.28. The first-order valence-corrected chi connectivity index (χ1v) is 7.51. The van der Waals surface area contributed by atoms with Crippen LogP contribution in [0, 0.1) is 0 Å². The van der Waals surface area contributed by atoms with Gasteiger partial charge in [0.15, 0.2) is 5.82 Å². The highest BCUT2D eigenvalue weighted by Gasteiger charge is 2.20. The first-order valence-electron chi connectivity index (χ1n) is 6.72. The van der Waals surface area contributed by atoms with Gasteiger partial charge in [-0.3, -0.25) is 0 Å². The van der Waals surface area contributed by atoms with Crippen molar-refractivity contribution in [3.63, 3.8) is 0 Å². The Bertz CT molecular complexity index is 573. The lowest BCUT2D eigenvalue weighted by atomic mass is 10.2. The Balaban J connectivity index is 1.67. The van der Waals surface area contributed by atoms with E-state index in [4.69, 9.17) is 4.74 Å². The number of rotatable bonds is 6. The van der Waals surface area contributed by atoms with Crippen LogP contribution < -0.4 is 10.1 Å². The van der Waals surface area contributed by atoms with Crippen molar-refractivity contribution in [1.82, 2.24) is 15.3 Å². The Morgan fingerprint density at radius 1 is 1.25 bits per heavy atom. The van der Waals surface area contributed by atoms with Gasteiger partial charge in [0, 0.05) is 35.0 Å². The van der Waals surface area contributed by atoms with Crippen LogP contribution in [-0.2, 0) is 13.2 Å². The van der Waals surface area contributed by atoms with Crippen molar-refractivity contribution in [2.24, 2.45) is 0 Å². The summed E-state index contributed by atoms with van der Waals surface area (Å²) in [6.45, 7) is 1.22. The van der Waals surface area contributed by atoms with Gasteiger partial charge >= 0.3 is 0 Å². The Labute approximate surface area is 126 Å². The van der Waals surface area contributed by atoms with Gasteiger partial charge in [0.1, 0.15) is 12.4 Å². The van der Waals surface area contributed by atoms with Crippen molar-refractivity contribution in [2.45, 2.75) is 32.0 Å². The summed E-state index contributed by atoms with van der Waals surface area (Å²) < 4.78 is 6.91. The summed E-state index contributed by atoms with van der Waals surface area (Å²) in [5.41, 5.74) is 1.15. The topological polar surface area (TPSA) is 47.0 Å². The molecule has 0 bridgehead atoms. The van der Waals surface area contributed by atoms with Crippen molar-refractivity contribution in [3.05, 3.63) is 52.5 Å². The molecule has 0 amide bonds. The average molecular weight is 334 g/mol. The highest BCUT2D eigenvalue weighted by molar-refractivity contribution is 9.10. The third kappa shape index (κ3) is 3.77. The van der Waals surface area contributed by atoms with E-state index >= 15 is 0 Å². The van der Waals surface area contributed by atoms with Crippen LogP contribution in [0.1, 0.15) is 24.2 Å². The van der Waals surface area contributed by atoms with Gasteiger partial charge in [-0.25, -0.2) is 9.97 Å². The number of nitrogens with one attached hydrogen (secondary N) is 1. The van der Waals surface area contributed by atoms with E-state index in [-0.39, 0.29) is 0 Å². The smallest absolute Gasteiger partial charge is 0.166 e. The fraction of sp³-hybridized carbons (Fsp3) is 0.333. The Morgan fingerprint density at radius 3 is 2.80 bits per heavy atom. The first kappa shape index (κ1) is 13.5. The normalized spacial score (nSPS) is 14.2. The third-order valence-electron chi connectivity index (χ3n) is 3.16. The van der Waals surface area contributed by atoms with E-state index in [1.54, 1.807) is 18.5 Å². The zero-order valence-electron chi connectivity index (χ0n) is 11.1. The number of hydrogen-bond donors (Lipinski definition) is 1. The van der Waals surface area contributed by atoms with E-state index < -0.39 is 0 Å². The summed E-state index contributed by atoms with van der Waals surface area (Å²) in [5.74, 6) is 1.57. The molecule has 0 radical (unpaired) electrons. The SMILES string of the molecule is Brc1ccc(OCc2ncccn2)c(CNC2CC2)c1. The Hall–Kier alpha value is -1.46. The number of benzene rings is 1. The van der Waals surface area contributed by atoms with Crippen LogP contribution in [-0.4, -0.2) is 16.0 Å². The molecule has 1 N–H and O–H groups in total. The second-order valence-corrected chi connectivity index (χ2v) is 5.78. The molecule has 1 fully saturated rings. The van der Waals surface area contributed by atoms with Crippen molar-refractivity contribution >= 4 is 15.9 Å². The van der Waals surface area contributed by atoms with Crippen LogP contribution in [0.5, 0.6) is 5.75 Å². The molecule has 20 heavy (non-hydrogen) atoms. The molecule has 3 rings (SSSR count). The van der Waals surface area contributed by atoms with Gasteiger partial charge in [0.25, 0.3) is 0 Å². The summed E-state index contributed by atoms with van der Waals surface area (Å²) in [6.07, 6.45) is 6.01. The lowest BCUT2D eigenvalue weighted by molar-refractivity contribution is 0.292. The van der Waals surface area contributed by atoms with Crippen LogP contribution >= 0.6 is 15.9 Å². The maximum absolute atomic E-state index is 5.85. The molecule has 1 aliphatic rings. The lowest BCUT2D eigenvalue weighted by Gasteiger charge is -2.12. The molecule has 1 aliphatic carbocycles. The molecule has 1 saturated carbocycles. The first-order chi connectivity index (χ1) is 9.81. The molecule has 0 atom stereocenters. The van der Waals surface area contributed by atoms with Gasteiger partial charge in [-0.15, -0.1) is 0 Å². The highest BCUT2D eigenvalue weighted by Crippen LogP contribution is 2.26. The molecule has 0 unspecified atom stereocenters. The molecule has 0 spiro atoms. The zero-order valence-corrected chi connectivity index (χ0v) is 12.6. The van der Waals surface area contributed by atoms with E-state index in [2.05, 4.69) is 37.3 Å². The molecular weight excluding hydrogens is 318 g/mol. The van der Waals surface area contributed by atoms with E-state index in [1.165, 1.54) is 12.8 Å². The number of hydrogen-bond acceptors (Lipinski definition) is 4. The molecule has 0 saturated heterocycles. The van der Waals surface area contributed by atoms with Crippen molar-refractivity contribution in [3.8, 4) is 5.75 Å². The van der Waals surface area contributed by atoms with Crippen LogP contribution in [0.4, 0.5) is 0 Å². The van der Waals surface area contributed by atoms with E-state index in [0.29, 0.717) is 18.5 Å². The third-order valence-corrected chi connectivity index (χ3v) is 3.65. The molecule has 104 valence electrons. The lowest BCUT2D eigenvalue weighted by Crippen LogP contribution is -2.16. The number of ether oxygens (including phenoxy) is 1. The second kappa shape index (κ2) is 6.33. The molecular formula is C15H16BrN3O. The van der Waals surface area contributed by atoms with Crippen molar-refractivity contribution in [2.75, 3.05) is 0 Å². The zero-order chi connectivity index (χ0) is 13.8. The van der Waals surface area contributed by atoms with E-state index in [9.17, 15) is 0 Å². The quantitative estimate of drug-likeness (QED) is 0.882. The fourth-order valence-corrected chi connectivity index (χ4v) is 2.32. The maximum atomic E-state index is 5.85. The summed E-state index contributed by atoms with van der Waals surface area (Å²) in [6, 6.07) is 8.54. The monoisotopic (exact) mass is 333 g/mol. The second-order valence-electron chi connectivity index (χ2n) is 4.86. The molecule has 0 aliphatic heterocycles. The minimum Gasteiger partial charge on any atom is -0.485 e. The summed E-state index contributed by atoms with van der Waals surface area (Å²) in [5, 5.41) is 3.51. The molecule has 2 aromatic rings. The van der Waals surface area contributed by atoms with Gasteiger partial charge in [0.05, 0.1) is 0 Å². The van der Waals surface area contributed by atoms with Crippen LogP contribution in [0.2, 0.25) is 0 Å². The number of nitrogens with zero attached hydrogens (tertiary/aromatic N) is 2. The minimum atomic E-state index is 0.388. The summed E-state index contributed by atoms with van der Waals surface area (Å²) in [4.78, 5) is 8.33. The van der Waals surface area contributed by atoms with Gasteiger partial charge in [-0.1, -0.05) is 15.9 Å². The van der Waals surface area contributed by atoms with E-state index in [1.807, 2.05) is 12.1 Å². The van der Waals surface area contributed by atoms with Gasteiger partial charge in [-0.2, -0.15) is 0 Å². The highest BCUT2D eigenvalue weighted by atomic mass is 79.9. The van der Waals surface area contributed by atoms with Crippen LogP contribution in [0.3, 0.4) is 0 Å². The molecule has 4 nitrogen and oxygen atoms in total. The Morgan fingerprint density at radius 2 is 2.05 bits per heavy atom. The van der Waals surface area contributed by atoms with Crippen molar-refractivity contribution in [1.29, 1.82) is 0 Å². The van der Waals surface area contributed by atoms with Crippen LogP contribution in [0.25, 0.3) is 0 Å². The summed E-state index contributed by atoms with van der Waals surface area (Å²) >= 11 is 3.51. The average Bonchev–Trinajstić information content (AvgIpc) is 3.29. The van der Waals surface area contributed by atoms with Crippen LogP contribution in [0.15, 0.2) is 41.1 Å². The molecule has 1 aromatic heterocycles. The number of aromatic nitrogens is 2. The van der Waals surface area contributed by atoms with Gasteiger partial charge in [-0.05, 0) is 37.1 Å². The predicted octanol–water partition coefficient (Wildman–Crippen LogP) is 3.07. The fourth-order valence-electron chi connectivity index (χ4n) is 1.92. The predicted molar refractivity (Wildman–Crippen MR) is 80.4 cm³/mol. The maximum Gasteiger partial charge on any atom is 0.166 e. The minimum absolute atomic E-state index is 0.388. The van der Waals surface area contributed by atoms with Crippen molar-refractivity contribution < 1.29 is 4.74 Å². The largest absolute Gasteiger partial charge is 0.485 e.